The number of carbonyl (C=O) groups excluding carboxylic acids is 1. The van der Waals surface area contributed by atoms with Gasteiger partial charge in [-0.3, -0.25) is 10.1 Å². The number of ether oxygens (including phenoxy) is 1. The third kappa shape index (κ3) is 3.88. The lowest BCUT2D eigenvalue weighted by Crippen LogP contribution is -2.33. The summed E-state index contributed by atoms with van der Waals surface area (Å²) in [6.45, 7) is 3.80. The van der Waals surface area contributed by atoms with E-state index in [1.54, 1.807) is 12.1 Å². The van der Waals surface area contributed by atoms with Crippen LogP contribution in [-0.4, -0.2) is 33.4 Å². The SMILES string of the molecule is CC(C)NC(=O)O[C@@H]1CC[C@H](c2cc(Nc3cccc4oc(=O)[nH]c34)n[nH]2)C1. The smallest absolute Gasteiger partial charge is 0.417 e. The third-order valence-corrected chi connectivity index (χ3v) is 4.82. The fraction of sp³-hybridized carbons (Fsp3) is 0.421. The van der Waals surface area contributed by atoms with Crippen LogP contribution in [0.4, 0.5) is 16.3 Å². The molecule has 4 N–H and O–H groups in total. The topological polar surface area (TPSA) is 125 Å². The molecule has 3 aromatic rings. The summed E-state index contributed by atoms with van der Waals surface area (Å²) in [5.41, 5.74) is 2.79. The molecule has 4 rings (SSSR count). The van der Waals surface area contributed by atoms with Crippen molar-refractivity contribution in [1.29, 1.82) is 0 Å². The van der Waals surface area contributed by atoms with Gasteiger partial charge in [-0.2, -0.15) is 5.10 Å². The van der Waals surface area contributed by atoms with Crippen molar-refractivity contribution in [2.45, 2.75) is 51.2 Å². The van der Waals surface area contributed by atoms with Crippen molar-refractivity contribution < 1.29 is 13.9 Å². The van der Waals surface area contributed by atoms with Crippen molar-refractivity contribution in [3.8, 4) is 0 Å². The van der Waals surface area contributed by atoms with Crippen LogP contribution < -0.4 is 16.4 Å². The number of H-pyrrole nitrogens is 2. The molecule has 1 saturated carbocycles. The Labute approximate surface area is 160 Å². The molecule has 1 aromatic carbocycles. The Bertz CT molecular complexity index is 1030. The summed E-state index contributed by atoms with van der Waals surface area (Å²) in [5, 5.41) is 13.3. The van der Waals surface area contributed by atoms with Gasteiger partial charge >= 0.3 is 11.8 Å². The molecule has 0 radical (unpaired) electrons. The van der Waals surface area contributed by atoms with Gasteiger partial charge < -0.3 is 19.8 Å². The number of hydrogen-bond acceptors (Lipinski definition) is 6. The zero-order valence-electron chi connectivity index (χ0n) is 15.7. The number of oxazole rings is 1. The first kappa shape index (κ1) is 18.1. The molecular formula is C19H23N5O4. The second-order valence-corrected chi connectivity index (χ2v) is 7.36. The van der Waals surface area contributed by atoms with Crippen LogP contribution >= 0.6 is 0 Å². The highest BCUT2D eigenvalue weighted by atomic mass is 16.6. The van der Waals surface area contributed by atoms with Crippen LogP contribution in [0.1, 0.15) is 44.7 Å². The molecule has 1 aliphatic carbocycles. The van der Waals surface area contributed by atoms with Crippen LogP contribution in [-0.2, 0) is 4.74 Å². The van der Waals surface area contributed by atoms with Crippen LogP contribution in [0.5, 0.6) is 0 Å². The molecule has 0 saturated heterocycles. The average Bonchev–Trinajstić information content (AvgIpc) is 3.33. The number of benzene rings is 1. The molecule has 2 aromatic heterocycles. The van der Waals surface area contributed by atoms with E-state index in [2.05, 4.69) is 25.8 Å². The molecule has 1 amide bonds. The van der Waals surface area contributed by atoms with Gasteiger partial charge in [0.25, 0.3) is 0 Å². The van der Waals surface area contributed by atoms with Gasteiger partial charge in [-0.25, -0.2) is 9.59 Å². The molecule has 0 spiro atoms. The van der Waals surface area contributed by atoms with Gasteiger partial charge in [-0.15, -0.1) is 0 Å². The minimum Gasteiger partial charge on any atom is -0.446 e. The number of amides is 1. The number of aromatic nitrogens is 3. The van der Waals surface area contributed by atoms with Crippen molar-refractivity contribution >= 4 is 28.7 Å². The highest BCUT2D eigenvalue weighted by Gasteiger charge is 2.30. The van der Waals surface area contributed by atoms with E-state index in [0.29, 0.717) is 22.6 Å². The van der Waals surface area contributed by atoms with Crippen molar-refractivity contribution in [2.24, 2.45) is 0 Å². The van der Waals surface area contributed by atoms with E-state index in [0.717, 1.165) is 25.0 Å². The monoisotopic (exact) mass is 385 g/mol. The Balaban J connectivity index is 1.41. The normalized spacial score (nSPS) is 19.2. The fourth-order valence-corrected chi connectivity index (χ4v) is 3.58. The van der Waals surface area contributed by atoms with Crippen LogP contribution in [0, 0.1) is 0 Å². The standard InChI is InChI=1S/C19H23N5O4/c1-10(2)20-18(25)27-12-7-6-11(8-12)14-9-16(24-23-14)21-13-4-3-5-15-17(13)22-19(26)28-15/h3-5,9-12H,6-8H2,1-2H3,(H,20,25)(H,22,26)(H2,21,23,24)/t11-,12+/m0/s1. The number of anilines is 2. The molecule has 2 atom stereocenters. The van der Waals surface area contributed by atoms with Gasteiger partial charge in [0.1, 0.15) is 11.6 Å². The Kier molecular flexibility index (Phi) is 4.81. The maximum atomic E-state index is 11.8. The molecule has 1 fully saturated rings. The number of fused-ring (bicyclic) bond motifs is 1. The predicted molar refractivity (Wildman–Crippen MR) is 104 cm³/mol. The van der Waals surface area contributed by atoms with Gasteiger partial charge in [-0.1, -0.05) is 6.07 Å². The largest absolute Gasteiger partial charge is 0.446 e. The van der Waals surface area contributed by atoms with Crippen LogP contribution in [0.2, 0.25) is 0 Å². The average molecular weight is 385 g/mol. The summed E-state index contributed by atoms with van der Waals surface area (Å²) >= 11 is 0. The van der Waals surface area contributed by atoms with Crippen molar-refractivity contribution in [1.82, 2.24) is 20.5 Å². The van der Waals surface area contributed by atoms with E-state index in [4.69, 9.17) is 9.15 Å². The summed E-state index contributed by atoms with van der Waals surface area (Å²) < 4.78 is 10.6. The molecule has 1 aliphatic rings. The number of nitrogens with zero attached hydrogens (tertiary/aromatic N) is 1. The van der Waals surface area contributed by atoms with Crippen molar-refractivity contribution in [2.75, 3.05) is 5.32 Å². The van der Waals surface area contributed by atoms with Crippen molar-refractivity contribution in [3.63, 3.8) is 0 Å². The molecule has 9 nitrogen and oxygen atoms in total. The molecule has 148 valence electrons. The number of rotatable bonds is 5. The Morgan fingerprint density at radius 1 is 1.36 bits per heavy atom. The summed E-state index contributed by atoms with van der Waals surface area (Å²) in [4.78, 5) is 25.9. The highest BCUT2D eigenvalue weighted by Crippen LogP contribution is 2.36. The van der Waals surface area contributed by atoms with E-state index in [1.807, 2.05) is 26.0 Å². The summed E-state index contributed by atoms with van der Waals surface area (Å²) in [6.07, 6.45) is 2.06. The first-order chi connectivity index (χ1) is 13.5. The summed E-state index contributed by atoms with van der Waals surface area (Å²) in [7, 11) is 0. The van der Waals surface area contributed by atoms with Gasteiger partial charge in [0.2, 0.25) is 0 Å². The highest BCUT2D eigenvalue weighted by molar-refractivity contribution is 5.88. The minimum absolute atomic E-state index is 0.0561. The summed E-state index contributed by atoms with van der Waals surface area (Å²) in [5.74, 6) is 0.404. The molecular weight excluding hydrogens is 362 g/mol. The number of para-hydroxylation sites is 1. The number of alkyl carbamates (subject to hydrolysis) is 1. The lowest BCUT2D eigenvalue weighted by atomic mass is 10.0. The van der Waals surface area contributed by atoms with E-state index in [9.17, 15) is 9.59 Å². The van der Waals surface area contributed by atoms with Gasteiger partial charge in [-0.05, 0) is 45.2 Å². The van der Waals surface area contributed by atoms with Gasteiger partial charge in [0.15, 0.2) is 11.4 Å². The Morgan fingerprint density at radius 2 is 2.21 bits per heavy atom. The zero-order valence-corrected chi connectivity index (χ0v) is 15.7. The van der Waals surface area contributed by atoms with E-state index in [1.165, 1.54) is 0 Å². The van der Waals surface area contributed by atoms with E-state index < -0.39 is 5.76 Å². The second-order valence-electron chi connectivity index (χ2n) is 7.36. The van der Waals surface area contributed by atoms with Crippen LogP contribution in [0.25, 0.3) is 11.1 Å². The minimum atomic E-state index is -0.495. The molecule has 0 unspecified atom stereocenters. The number of nitrogens with one attached hydrogen (secondary N) is 4. The molecule has 0 aliphatic heterocycles. The third-order valence-electron chi connectivity index (χ3n) is 4.82. The molecule has 2 heterocycles. The molecule has 28 heavy (non-hydrogen) atoms. The fourth-order valence-electron chi connectivity index (χ4n) is 3.58. The number of hydrogen-bond donors (Lipinski definition) is 4. The Morgan fingerprint density at radius 3 is 3.04 bits per heavy atom. The Hall–Kier alpha value is -3.23. The first-order valence-electron chi connectivity index (χ1n) is 9.39. The number of aromatic amines is 2. The predicted octanol–water partition coefficient (Wildman–Crippen LogP) is 3.36. The first-order valence-corrected chi connectivity index (χ1v) is 9.39. The lowest BCUT2D eigenvalue weighted by molar-refractivity contribution is 0.0981. The van der Waals surface area contributed by atoms with Crippen molar-refractivity contribution in [3.05, 3.63) is 40.5 Å². The van der Waals surface area contributed by atoms with Crippen LogP contribution in [0.3, 0.4) is 0 Å². The van der Waals surface area contributed by atoms with Gasteiger partial charge in [0.05, 0.1) is 5.69 Å². The second kappa shape index (κ2) is 7.41. The van der Waals surface area contributed by atoms with E-state index in [-0.39, 0.29) is 24.2 Å². The molecule has 9 heteroatoms. The lowest BCUT2D eigenvalue weighted by Gasteiger charge is -2.14. The molecule has 0 bridgehead atoms. The number of carbonyl (C=O) groups is 1. The quantitative estimate of drug-likeness (QED) is 0.534. The zero-order chi connectivity index (χ0) is 19.7. The maximum Gasteiger partial charge on any atom is 0.417 e. The summed E-state index contributed by atoms with van der Waals surface area (Å²) in [6, 6.07) is 7.37. The van der Waals surface area contributed by atoms with Gasteiger partial charge in [0, 0.05) is 23.7 Å². The van der Waals surface area contributed by atoms with Crippen LogP contribution in [0.15, 0.2) is 33.5 Å². The van der Waals surface area contributed by atoms with E-state index >= 15 is 0 Å². The maximum absolute atomic E-state index is 11.8.